The number of aliphatic carboxylic acids is 1. The van der Waals surface area contributed by atoms with Crippen LogP contribution in [0.3, 0.4) is 0 Å². The third-order valence-corrected chi connectivity index (χ3v) is 2.05. The fraction of sp³-hybridized carbons (Fsp3) is 0.889. The van der Waals surface area contributed by atoms with Gasteiger partial charge in [0.1, 0.15) is 6.04 Å². The molecule has 1 saturated heterocycles. The number of carbonyl (C=O) groups is 1. The smallest absolute Gasteiger partial charge is 0.320 e. The zero-order valence-corrected chi connectivity index (χ0v) is 8.21. The summed E-state index contributed by atoms with van der Waals surface area (Å²) in [6, 6.07) is -0.204. The molecule has 1 atom stereocenters. The predicted octanol–water partition coefficient (Wildman–Crippen LogP) is 1.58. The van der Waals surface area contributed by atoms with E-state index in [-0.39, 0.29) is 6.04 Å². The second-order valence-electron chi connectivity index (χ2n) is 2.62. The summed E-state index contributed by atoms with van der Waals surface area (Å²) in [7, 11) is 0. The molecule has 0 aromatic heterocycles. The Morgan fingerprint density at radius 3 is 2.50 bits per heavy atom. The average Bonchev–Trinajstić information content (AvgIpc) is 2.55. The quantitative estimate of drug-likeness (QED) is 0.689. The molecular formula is C9H19NO2. The largest absolute Gasteiger partial charge is 0.480 e. The Morgan fingerprint density at radius 1 is 1.58 bits per heavy atom. The summed E-state index contributed by atoms with van der Waals surface area (Å²) < 4.78 is 0. The van der Waals surface area contributed by atoms with Crippen molar-refractivity contribution in [3.63, 3.8) is 0 Å². The zero-order valence-electron chi connectivity index (χ0n) is 8.21. The van der Waals surface area contributed by atoms with Gasteiger partial charge in [-0.15, -0.1) is 0 Å². The van der Waals surface area contributed by atoms with Crippen LogP contribution in [0.25, 0.3) is 0 Å². The van der Waals surface area contributed by atoms with Gasteiger partial charge in [-0.3, -0.25) is 9.69 Å². The highest BCUT2D eigenvalue weighted by molar-refractivity contribution is 5.73. The molecule has 0 aliphatic carbocycles. The van der Waals surface area contributed by atoms with E-state index in [2.05, 4.69) is 0 Å². The van der Waals surface area contributed by atoms with Crippen LogP contribution in [0, 0.1) is 0 Å². The third kappa shape index (κ3) is 2.81. The maximum Gasteiger partial charge on any atom is 0.320 e. The molecule has 0 radical (unpaired) electrons. The number of nitrogens with zero attached hydrogens (tertiary/aromatic N) is 1. The summed E-state index contributed by atoms with van der Waals surface area (Å²) in [5, 5.41) is 8.67. The fourth-order valence-electron chi connectivity index (χ4n) is 1.48. The molecule has 3 heteroatoms. The van der Waals surface area contributed by atoms with Crippen LogP contribution in [-0.2, 0) is 4.79 Å². The van der Waals surface area contributed by atoms with Crippen LogP contribution in [0.15, 0.2) is 0 Å². The highest BCUT2D eigenvalue weighted by atomic mass is 16.4. The topological polar surface area (TPSA) is 40.5 Å². The van der Waals surface area contributed by atoms with Crippen LogP contribution in [0.4, 0.5) is 0 Å². The molecular weight excluding hydrogens is 154 g/mol. The first kappa shape index (κ1) is 11.4. The van der Waals surface area contributed by atoms with Gasteiger partial charge in [-0.2, -0.15) is 0 Å². The van der Waals surface area contributed by atoms with E-state index in [1.807, 2.05) is 25.7 Å². The van der Waals surface area contributed by atoms with Gasteiger partial charge in [0.25, 0.3) is 0 Å². The van der Waals surface area contributed by atoms with Gasteiger partial charge >= 0.3 is 5.97 Å². The fourth-order valence-corrected chi connectivity index (χ4v) is 1.48. The van der Waals surface area contributed by atoms with E-state index < -0.39 is 5.97 Å². The molecule has 1 N–H and O–H groups in total. The van der Waals surface area contributed by atoms with Gasteiger partial charge in [0.2, 0.25) is 0 Å². The van der Waals surface area contributed by atoms with E-state index in [1.54, 1.807) is 0 Å². The van der Waals surface area contributed by atoms with Crippen molar-refractivity contribution in [2.24, 2.45) is 0 Å². The summed E-state index contributed by atoms with van der Waals surface area (Å²) in [5.74, 6) is -0.667. The summed E-state index contributed by atoms with van der Waals surface area (Å²) in [6.07, 6.45) is 1.86. The zero-order chi connectivity index (χ0) is 9.56. The van der Waals surface area contributed by atoms with Gasteiger partial charge in [-0.05, 0) is 25.9 Å². The van der Waals surface area contributed by atoms with Crippen LogP contribution in [-0.4, -0.2) is 35.1 Å². The minimum Gasteiger partial charge on any atom is -0.480 e. The second-order valence-corrected chi connectivity index (χ2v) is 2.62. The summed E-state index contributed by atoms with van der Waals surface area (Å²) in [5.41, 5.74) is 0. The Morgan fingerprint density at radius 2 is 2.17 bits per heavy atom. The Labute approximate surface area is 74.4 Å². The van der Waals surface area contributed by atoms with Crippen molar-refractivity contribution >= 4 is 5.97 Å². The average molecular weight is 173 g/mol. The molecule has 0 saturated carbocycles. The van der Waals surface area contributed by atoms with Crippen LogP contribution >= 0.6 is 0 Å². The first-order chi connectivity index (χ1) is 5.75. The van der Waals surface area contributed by atoms with E-state index >= 15 is 0 Å². The van der Waals surface area contributed by atoms with Crippen molar-refractivity contribution in [3.05, 3.63) is 0 Å². The molecule has 1 fully saturated rings. The molecule has 72 valence electrons. The van der Waals surface area contributed by atoms with Crippen LogP contribution in [0.1, 0.15) is 33.6 Å². The lowest BCUT2D eigenvalue weighted by atomic mass is 10.2. The molecule has 1 heterocycles. The lowest BCUT2D eigenvalue weighted by molar-refractivity contribution is -0.142. The van der Waals surface area contributed by atoms with Crippen molar-refractivity contribution in [1.29, 1.82) is 0 Å². The molecule has 1 aliphatic rings. The van der Waals surface area contributed by atoms with Crippen molar-refractivity contribution in [3.8, 4) is 0 Å². The summed E-state index contributed by atoms with van der Waals surface area (Å²) >= 11 is 0. The van der Waals surface area contributed by atoms with Crippen molar-refractivity contribution < 1.29 is 9.90 Å². The maximum atomic E-state index is 10.5. The molecule has 0 spiro atoms. The van der Waals surface area contributed by atoms with Crippen LogP contribution in [0.5, 0.6) is 0 Å². The minimum absolute atomic E-state index is 0.204. The van der Waals surface area contributed by atoms with Gasteiger partial charge in [0.05, 0.1) is 0 Å². The number of hydrogen-bond acceptors (Lipinski definition) is 2. The first-order valence-electron chi connectivity index (χ1n) is 4.72. The van der Waals surface area contributed by atoms with Crippen LogP contribution < -0.4 is 0 Å². The Kier molecular flexibility index (Phi) is 5.72. The number of likely N-dealkylation sites (tertiary alicyclic amines) is 1. The summed E-state index contributed by atoms with van der Waals surface area (Å²) in [4.78, 5) is 12.5. The molecule has 1 unspecified atom stereocenters. The van der Waals surface area contributed by atoms with E-state index in [9.17, 15) is 4.79 Å². The van der Waals surface area contributed by atoms with E-state index in [4.69, 9.17) is 5.11 Å². The van der Waals surface area contributed by atoms with Crippen molar-refractivity contribution in [2.75, 3.05) is 13.1 Å². The number of rotatable bonds is 2. The SMILES string of the molecule is CC.CCN1CCCC1C(=O)O. The molecule has 12 heavy (non-hydrogen) atoms. The molecule has 0 amide bonds. The van der Waals surface area contributed by atoms with E-state index in [0.717, 1.165) is 25.9 Å². The molecule has 1 aliphatic heterocycles. The first-order valence-corrected chi connectivity index (χ1v) is 4.72. The second kappa shape index (κ2) is 6.00. The normalized spacial score (nSPS) is 23.1. The van der Waals surface area contributed by atoms with E-state index in [1.165, 1.54) is 0 Å². The van der Waals surface area contributed by atoms with Crippen LogP contribution in [0.2, 0.25) is 0 Å². The van der Waals surface area contributed by atoms with Crippen molar-refractivity contribution in [2.45, 2.75) is 39.7 Å². The van der Waals surface area contributed by atoms with Gasteiger partial charge in [0, 0.05) is 0 Å². The Balaban J connectivity index is 0.000000561. The highest BCUT2D eigenvalue weighted by Crippen LogP contribution is 2.15. The standard InChI is InChI=1S/C7H13NO2.C2H6/c1-2-8-5-3-4-6(8)7(9)10;1-2/h6H,2-5H2,1H3,(H,9,10);1-2H3. The Hall–Kier alpha value is -0.570. The molecule has 1 rings (SSSR count). The number of likely N-dealkylation sites (N-methyl/N-ethyl adjacent to an activating group) is 1. The van der Waals surface area contributed by atoms with Gasteiger partial charge < -0.3 is 5.11 Å². The monoisotopic (exact) mass is 173 g/mol. The number of hydrogen-bond donors (Lipinski definition) is 1. The number of carboxylic acids is 1. The maximum absolute atomic E-state index is 10.5. The molecule has 0 aromatic carbocycles. The summed E-state index contributed by atoms with van der Waals surface area (Å²) in [6.45, 7) is 7.81. The molecule has 3 nitrogen and oxygen atoms in total. The molecule has 0 aromatic rings. The number of carboxylic acid groups (broad SMARTS) is 1. The highest BCUT2D eigenvalue weighted by Gasteiger charge is 2.28. The minimum atomic E-state index is -0.667. The third-order valence-electron chi connectivity index (χ3n) is 2.05. The molecule has 0 bridgehead atoms. The van der Waals surface area contributed by atoms with Gasteiger partial charge in [0.15, 0.2) is 0 Å². The van der Waals surface area contributed by atoms with Gasteiger partial charge in [-0.1, -0.05) is 20.8 Å². The van der Waals surface area contributed by atoms with E-state index in [0.29, 0.717) is 0 Å². The predicted molar refractivity (Wildman–Crippen MR) is 49.3 cm³/mol. The lowest BCUT2D eigenvalue weighted by Crippen LogP contribution is -2.35. The lowest BCUT2D eigenvalue weighted by Gasteiger charge is -2.17. The van der Waals surface area contributed by atoms with Crippen molar-refractivity contribution in [1.82, 2.24) is 4.90 Å². The van der Waals surface area contributed by atoms with Gasteiger partial charge in [-0.25, -0.2) is 0 Å². The Bertz CT molecular complexity index is 136.